The van der Waals surface area contributed by atoms with Crippen LogP contribution in [0.2, 0.25) is 5.15 Å². The van der Waals surface area contributed by atoms with E-state index in [-0.39, 0.29) is 22.9 Å². The Bertz CT molecular complexity index is 706. The minimum Gasteiger partial charge on any atom is -0.353 e. The maximum Gasteiger partial charge on any atom is 0.210 e. The molecule has 1 saturated carbocycles. The van der Waals surface area contributed by atoms with Crippen LogP contribution in [0, 0.1) is 11.3 Å². The van der Waals surface area contributed by atoms with Crippen molar-refractivity contribution in [2.24, 2.45) is 0 Å². The number of hydrogen-bond acceptors (Lipinski definition) is 6. The summed E-state index contributed by atoms with van der Waals surface area (Å²) in [6, 6.07) is 2.75. The van der Waals surface area contributed by atoms with Crippen molar-refractivity contribution in [2.45, 2.75) is 56.7 Å². The van der Waals surface area contributed by atoms with E-state index in [1.165, 1.54) is 12.8 Å². The van der Waals surface area contributed by atoms with E-state index in [0.29, 0.717) is 18.4 Å². The van der Waals surface area contributed by atoms with Crippen LogP contribution in [0.1, 0.15) is 44.2 Å². The van der Waals surface area contributed by atoms with Crippen molar-refractivity contribution >= 4 is 23.8 Å². The summed E-state index contributed by atoms with van der Waals surface area (Å²) in [6.07, 6.45) is 9.20. The smallest absolute Gasteiger partial charge is 0.210 e. The first kappa shape index (κ1) is 19.8. The fraction of sp³-hybridized carbons (Fsp3) is 0.684. The highest BCUT2D eigenvalue weighted by Crippen LogP contribution is 2.30. The highest BCUT2D eigenvalue weighted by atomic mass is 35.5. The summed E-state index contributed by atoms with van der Waals surface area (Å²) in [7, 11) is 4.21. The number of likely N-dealkylation sites (N-methyl/N-ethyl adjacent to an activating group) is 1. The van der Waals surface area contributed by atoms with Gasteiger partial charge in [0.25, 0.3) is 0 Å². The Morgan fingerprint density at radius 3 is 2.63 bits per heavy atom. The predicted octanol–water partition coefficient (Wildman–Crippen LogP) is 2.30. The molecule has 1 aliphatic carbocycles. The number of nitrogens with zero attached hydrogens (tertiary/aromatic N) is 6. The van der Waals surface area contributed by atoms with Gasteiger partial charge >= 0.3 is 0 Å². The molecule has 1 aromatic rings. The van der Waals surface area contributed by atoms with Gasteiger partial charge in [0.2, 0.25) is 6.41 Å². The second-order valence-electron chi connectivity index (χ2n) is 7.66. The number of anilines is 1. The summed E-state index contributed by atoms with van der Waals surface area (Å²) < 4.78 is 0. The molecule has 0 N–H and O–H groups in total. The molecule has 0 aromatic carbocycles. The SMILES string of the molecule is CN(C)C1CCCCC1N(C=O)C1CCCN(c2cnc(C#N)c(Cl)n2)C1. The van der Waals surface area contributed by atoms with E-state index in [2.05, 4.69) is 38.8 Å². The monoisotopic (exact) mass is 390 g/mol. The molecule has 1 saturated heterocycles. The molecule has 7 nitrogen and oxygen atoms in total. The Balaban J connectivity index is 1.76. The number of amides is 1. The fourth-order valence-corrected chi connectivity index (χ4v) is 4.65. The topological polar surface area (TPSA) is 76.4 Å². The van der Waals surface area contributed by atoms with E-state index in [4.69, 9.17) is 16.9 Å². The van der Waals surface area contributed by atoms with Crippen LogP contribution < -0.4 is 4.90 Å². The van der Waals surface area contributed by atoms with Crippen molar-refractivity contribution in [3.63, 3.8) is 0 Å². The molecule has 146 valence electrons. The summed E-state index contributed by atoms with van der Waals surface area (Å²) in [5, 5.41) is 9.11. The third kappa shape index (κ3) is 4.33. The quantitative estimate of drug-likeness (QED) is 0.718. The van der Waals surface area contributed by atoms with Gasteiger partial charge in [0, 0.05) is 31.2 Å². The predicted molar refractivity (Wildman–Crippen MR) is 105 cm³/mol. The minimum atomic E-state index is 0.129. The van der Waals surface area contributed by atoms with E-state index >= 15 is 0 Å². The largest absolute Gasteiger partial charge is 0.353 e. The van der Waals surface area contributed by atoms with Crippen molar-refractivity contribution < 1.29 is 4.79 Å². The van der Waals surface area contributed by atoms with E-state index in [0.717, 1.165) is 38.6 Å². The van der Waals surface area contributed by atoms with Gasteiger partial charge < -0.3 is 14.7 Å². The van der Waals surface area contributed by atoms with Gasteiger partial charge in [0.05, 0.1) is 6.20 Å². The molecule has 27 heavy (non-hydrogen) atoms. The van der Waals surface area contributed by atoms with Crippen LogP contribution in [0.5, 0.6) is 0 Å². The fourth-order valence-electron chi connectivity index (χ4n) is 4.47. The molecule has 1 aliphatic heterocycles. The van der Waals surface area contributed by atoms with Crippen molar-refractivity contribution in [1.82, 2.24) is 19.8 Å². The zero-order chi connectivity index (χ0) is 19.4. The lowest BCUT2D eigenvalue weighted by Gasteiger charge is -2.47. The lowest BCUT2D eigenvalue weighted by Crippen LogP contribution is -2.57. The summed E-state index contributed by atoms with van der Waals surface area (Å²) in [5.41, 5.74) is 0.138. The zero-order valence-corrected chi connectivity index (χ0v) is 16.8. The number of carbonyl (C=O) groups is 1. The minimum absolute atomic E-state index is 0.129. The van der Waals surface area contributed by atoms with Gasteiger partial charge in [0.1, 0.15) is 11.9 Å². The summed E-state index contributed by atoms with van der Waals surface area (Å²) in [5.74, 6) is 0.669. The number of rotatable bonds is 5. The van der Waals surface area contributed by atoms with Crippen LogP contribution in [0.15, 0.2) is 6.20 Å². The second-order valence-corrected chi connectivity index (χ2v) is 8.01. The number of nitriles is 1. The first-order valence-corrected chi connectivity index (χ1v) is 9.99. The molecule has 0 bridgehead atoms. The molecule has 3 atom stereocenters. The summed E-state index contributed by atoms with van der Waals surface area (Å²) in [4.78, 5) is 26.9. The van der Waals surface area contributed by atoms with Gasteiger partial charge in [-0.15, -0.1) is 0 Å². The molecule has 2 fully saturated rings. The number of piperidine rings is 1. The Morgan fingerprint density at radius 2 is 2.00 bits per heavy atom. The molecular formula is C19H27ClN6O. The number of hydrogen-bond donors (Lipinski definition) is 0. The van der Waals surface area contributed by atoms with Crippen molar-refractivity contribution in [3.8, 4) is 6.07 Å². The van der Waals surface area contributed by atoms with E-state index in [1.807, 2.05) is 6.07 Å². The molecule has 3 rings (SSSR count). The van der Waals surface area contributed by atoms with Gasteiger partial charge in [-0.3, -0.25) is 4.79 Å². The maximum atomic E-state index is 12.1. The third-order valence-corrected chi connectivity index (χ3v) is 6.09. The molecule has 0 spiro atoms. The summed E-state index contributed by atoms with van der Waals surface area (Å²) in [6.45, 7) is 1.56. The van der Waals surface area contributed by atoms with Gasteiger partial charge in [-0.1, -0.05) is 24.4 Å². The first-order chi connectivity index (χ1) is 13.0. The molecule has 3 unspecified atom stereocenters. The third-order valence-electron chi connectivity index (χ3n) is 5.83. The van der Waals surface area contributed by atoms with Crippen LogP contribution in [-0.4, -0.2) is 71.5 Å². The Hall–Kier alpha value is -1.91. The normalized spacial score (nSPS) is 25.9. The van der Waals surface area contributed by atoms with Crippen LogP contribution >= 0.6 is 11.6 Å². The molecule has 1 aromatic heterocycles. The first-order valence-electron chi connectivity index (χ1n) is 9.62. The Morgan fingerprint density at radius 1 is 1.26 bits per heavy atom. The second kappa shape index (κ2) is 8.85. The van der Waals surface area contributed by atoms with E-state index in [1.54, 1.807) is 6.20 Å². The molecule has 8 heteroatoms. The number of carbonyl (C=O) groups excluding carboxylic acids is 1. The maximum absolute atomic E-state index is 12.1. The van der Waals surface area contributed by atoms with Gasteiger partial charge in [-0.05, 0) is 39.8 Å². The number of aromatic nitrogens is 2. The highest BCUT2D eigenvalue weighted by Gasteiger charge is 2.36. The Kier molecular flexibility index (Phi) is 6.51. The van der Waals surface area contributed by atoms with Crippen LogP contribution in [0.4, 0.5) is 5.82 Å². The van der Waals surface area contributed by atoms with E-state index < -0.39 is 0 Å². The van der Waals surface area contributed by atoms with Gasteiger partial charge in [0.15, 0.2) is 10.8 Å². The standard InChI is InChI=1S/C19H27ClN6O/c1-24(2)16-7-3-4-8-17(16)26(13-27)14-6-5-9-25(12-14)18-11-22-15(10-21)19(20)23-18/h11,13-14,16-17H,3-9,12H2,1-2H3. The van der Waals surface area contributed by atoms with Crippen LogP contribution in [0.25, 0.3) is 0 Å². The average Bonchev–Trinajstić information content (AvgIpc) is 2.69. The van der Waals surface area contributed by atoms with E-state index in [9.17, 15) is 4.79 Å². The van der Waals surface area contributed by atoms with Crippen molar-refractivity contribution in [2.75, 3.05) is 32.1 Å². The number of halogens is 1. The average molecular weight is 391 g/mol. The lowest BCUT2D eigenvalue weighted by molar-refractivity contribution is -0.125. The van der Waals surface area contributed by atoms with Crippen molar-refractivity contribution in [3.05, 3.63) is 17.0 Å². The highest BCUT2D eigenvalue weighted by molar-refractivity contribution is 6.30. The van der Waals surface area contributed by atoms with Gasteiger partial charge in [-0.25, -0.2) is 9.97 Å². The summed E-state index contributed by atoms with van der Waals surface area (Å²) >= 11 is 6.06. The lowest BCUT2D eigenvalue weighted by atomic mass is 9.87. The van der Waals surface area contributed by atoms with Crippen LogP contribution in [-0.2, 0) is 4.79 Å². The molecule has 0 radical (unpaired) electrons. The van der Waals surface area contributed by atoms with Gasteiger partial charge in [-0.2, -0.15) is 5.26 Å². The van der Waals surface area contributed by atoms with Crippen LogP contribution in [0.3, 0.4) is 0 Å². The Labute approximate surface area is 165 Å². The zero-order valence-electron chi connectivity index (χ0n) is 16.0. The molecular weight excluding hydrogens is 364 g/mol. The van der Waals surface area contributed by atoms with Crippen molar-refractivity contribution in [1.29, 1.82) is 5.26 Å². The molecule has 1 amide bonds. The molecule has 2 heterocycles. The molecule has 2 aliphatic rings.